The standard InChI is InChI=1S/C21H22N2O4S/c1-13-6-5-7-18(14(13)2)27-11-20(24)23-21-22-17(12-28-21)16-10-15(25-3)8-9-19(16)26-4/h5-10,12H,11H2,1-4H3,(H,22,23,24). The second-order valence-electron chi connectivity index (χ2n) is 6.14. The number of benzene rings is 2. The number of amides is 1. The quantitative estimate of drug-likeness (QED) is 0.636. The van der Waals surface area contributed by atoms with Crippen molar-refractivity contribution in [2.45, 2.75) is 13.8 Å². The molecule has 1 N–H and O–H groups in total. The van der Waals surface area contributed by atoms with Gasteiger partial charge in [0.1, 0.15) is 17.2 Å². The van der Waals surface area contributed by atoms with E-state index in [-0.39, 0.29) is 12.5 Å². The van der Waals surface area contributed by atoms with E-state index >= 15 is 0 Å². The highest BCUT2D eigenvalue weighted by Crippen LogP contribution is 2.35. The number of nitrogens with one attached hydrogen (secondary N) is 1. The van der Waals surface area contributed by atoms with Crippen molar-refractivity contribution in [3.05, 3.63) is 52.9 Å². The monoisotopic (exact) mass is 398 g/mol. The zero-order valence-electron chi connectivity index (χ0n) is 16.2. The Balaban J connectivity index is 1.68. The average molecular weight is 398 g/mol. The molecule has 0 saturated carbocycles. The fourth-order valence-corrected chi connectivity index (χ4v) is 3.38. The van der Waals surface area contributed by atoms with Crippen LogP contribution in [0.25, 0.3) is 11.3 Å². The number of carbonyl (C=O) groups excluding carboxylic acids is 1. The molecule has 1 amide bonds. The molecule has 0 fully saturated rings. The van der Waals surface area contributed by atoms with Crippen LogP contribution in [-0.2, 0) is 4.79 Å². The van der Waals surface area contributed by atoms with Gasteiger partial charge < -0.3 is 14.2 Å². The number of hydrogen-bond donors (Lipinski definition) is 1. The highest BCUT2D eigenvalue weighted by molar-refractivity contribution is 7.14. The lowest BCUT2D eigenvalue weighted by molar-refractivity contribution is -0.118. The fourth-order valence-electron chi connectivity index (χ4n) is 2.65. The molecule has 0 spiro atoms. The molecule has 146 valence electrons. The summed E-state index contributed by atoms with van der Waals surface area (Å²) in [4.78, 5) is 16.7. The fraction of sp³-hybridized carbons (Fsp3) is 0.238. The number of aryl methyl sites for hydroxylation is 1. The van der Waals surface area contributed by atoms with Crippen LogP contribution in [0.2, 0.25) is 0 Å². The molecule has 6 nitrogen and oxygen atoms in total. The summed E-state index contributed by atoms with van der Waals surface area (Å²) in [7, 11) is 3.21. The van der Waals surface area contributed by atoms with E-state index in [0.717, 1.165) is 16.7 Å². The maximum atomic E-state index is 12.2. The van der Waals surface area contributed by atoms with Gasteiger partial charge in [0.2, 0.25) is 0 Å². The van der Waals surface area contributed by atoms with Crippen molar-refractivity contribution in [3.63, 3.8) is 0 Å². The second kappa shape index (κ2) is 8.75. The van der Waals surface area contributed by atoms with Crippen molar-refractivity contribution in [1.82, 2.24) is 4.98 Å². The summed E-state index contributed by atoms with van der Waals surface area (Å²) in [5, 5.41) is 5.13. The summed E-state index contributed by atoms with van der Waals surface area (Å²) in [6, 6.07) is 11.3. The van der Waals surface area contributed by atoms with Gasteiger partial charge in [0.15, 0.2) is 11.7 Å². The van der Waals surface area contributed by atoms with Gasteiger partial charge in [-0.15, -0.1) is 11.3 Å². The van der Waals surface area contributed by atoms with Crippen molar-refractivity contribution in [1.29, 1.82) is 0 Å². The third kappa shape index (κ3) is 4.43. The number of thiazole rings is 1. The molecular formula is C21H22N2O4S. The zero-order valence-corrected chi connectivity index (χ0v) is 17.1. The number of ether oxygens (including phenoxy) is 3. The van der Waals surface area contributed by atoms with Crippen molar-refractivity contribution >= 4 is 22.4 Å². The average Bonchev–Trinajstić information content (AvgIpc) is 3.16. The number of nitrogens with zero attached hydrogens (tertiary/aromatic N) is 1. The summed E-state index contributed by atoms with van der Waals surface area (Å²) < 4.78 is 16.3. The molecule has 7 heteroatoms. The van der Waals surface area contributed by atoms with Crippen LogP contribution >= 0.6 is 11.3 Å². The number of methoxy groups -OCH3 is 2. The maximum Gasteiger partial charge on any atom is 0.264 e. The van der Waals surface area contributed by atoms with Gasteiger partial charge in [-0.1, -0.05) is 12.1 Å². The number of hydrogen-bond acceptors (Lipinski definition) is 6. The summed E-state index contributed by atoms with van der Waals surface area (Å²) in [6.45, 7) is 3.89. The first-order chi connectivity index (χ1) is 13.5. The Bertz CT molecular complexity index is 984. The van der Waals surface area contributed by atoms with Crippen molar-refractivity contribution in [3.8, 4) is 28.5 Å². The number of rotatable bonds is 7. The Labute approximate surface area is 168 Å². The lowest BCUT2D eigenvalue weighted by atomic mass is 10.1. The largest absolute Gasteiger partial charge is 0.497 e. The van der Waals surface area contributed by atoms with Crippen molar-refractivity contribution < 1.29 is 19.0 Å². The summed E-state index contributed by atoms with van der Waals surface area (Å²) in [5.74, 6) is 1.83. The van der Waals surface area contributed by atoms with Crippen LogP contribution in [0.1, 0.15) is 11.1 Å². The Morgan fingerprint density at radius 1 is 1.11 bits per heavy atom. The molecule has 0 atom stereocenters. The molecule has 0 bridgehead atoms. The molecule has 28 heavy (non-hydrogen) atoms. The highest BCUT2D eigenvalue weighted by Gasteiger charge is 2.13. The smallest absolute Gasteiger partial charge is 0.264 e. The zero-order chi connectivity index (χ0) is 20.1. The van der Waals surface area contributed by atoms with E-state index in [1.807, 2.05) is 55.6 Å². The Morgan fingerprint density at radius 3 is 2.68 bits per heavy atom. The van der Waals surface area contributed by atoms with E-state index in [4.69, 9.17) is 14.2 Å². The topological polar surface area (TPSA) is 69.7 Å². The number of aromatic nitrogens is 1. The summed E-state index contributed by atoms with van der Waals surface area (Å²) in [6.07, 6.45) is 0. The first kappa shape index (κ1) is 19.7. The molecule has 0 saturated heterocycles. The second-order valence-corrected chi connectivity index (χ2v) is 7.00. The first-order valence-electron chi connectivity index (χ1n) is 8.68. The van der Waals surface area contributed by atoms with Crippen LogP contribution in [-0.4, -0.2) is 31.7 Å². The maximum absolute atomic E-state index is 12.2. The van der Waals surface area contributed by atoms with Crippen molar-refractivity contribution in [2.24, 2.45) is 0 Å². The molecule has 0 unspecified atom stereocenters. The molecular weight excluding hydrogens is 376 g/mol. The van der Waals surface area contributed by atoms with Gasteiger partial charge in [0.25, 0.3) is 5.91 Å². The lowest BCUT2D eigenvalue weighted by Gasteiger charge is -2.10. The van der Waals surface area contributed by atoms with Gasteiger partial charge in [-0.25, -0.2) is 4.98 Å². The SMILES string of the molecule is COc1ccc(OC)c(-c2csc(NC(=O)COc3cccc(C)c3C)n2)c1. The van der Waals surface area contributed by atoms with Gasteiger partial charge in [-0.3, -0.25) is 10.1 Å². The molecule has 0 aliphatic heterocycles. The lowest BCUT2D eigenvalue weighted by Crippen LogP contribution is -2.20. The van der Waals surface area contributed by atoms with E-state index in [1.54, 1.807) is 14.2 Å². The molecule has 0 radical (unpaired) electrons. The van der Waals surface area contributed by atoms with Gasteiger partial charge in [-0.2, -0.15) is 0 Å². The van der Waals surface area contributed by atoms with Crippen LogP contribution in [0.15, 0.2) is 41.8 Å². The van der Waals surface area contributed by atoms with Crippen molar-refractivity contribution in [2.75, 3.05) is 26.1 Å². The van der Waals surface area contributed by atoms with Gasteiger partial charge >= 0.3 is 0 Å². The van der Waals surface area contributed by atoms with Crippen LogP contribution in [0.4, 0.5) is 5.13 Å². The van der Waals surface area contributed by atoms with E-state index in [0.29, 0.717) is 28.1 Å². The minimum atomic E-state index is -0.264. The molecule has 3 aromatic rings. The summed E-state index contributed by atoms with van der Waals surface area (Å²) in [5.41, 5.74) is 3.64. The van der Waals surface area contributed by atoms with Gasteiger partial charge in [0.05, 0.1) is 19.9 Å². The van der Waals surface area contributed by atoms with Crippen LogP contribution < -0.4 is 19.5 Å². The van der Waals surface area contributed by atoms with Gasteiger partial charge in [-0.05, 0) is 49.2 Å². The third-order valence-corrected chi connectivity index (χ3v) is 5.10. The minimum Gasteiger partial charge on any atom is -0.497 e. The molecule has 1 heterocycles. The number of anilines is 1. The Hall–Kier alpha value is -3.06. The van der Waals surface area contributed by atoms with E-state index in [1.165, 1.54) is 11.3 Å². The normalized spacial score (nSPS) is 10.4. The molecule has 0 aliphatic rings. The predicted molar refractivity (Wildman–Crippen MR) is 111 cm³/mol. The van der Waals surface area contributed by atoms with Gasteiger partial charge in [0, 0.05) is 10.9 Å². The highest BCUT2D eigenvalue weighted by atomic mass is 32.1. The van der Waals surface area contributed by atoms with E-state index < -0.39 is 0 Å². The Morgan fingerprint density at radius 2 is 1.93 bits per heavy atom. The molecule has 0 aliphatic carbocycles. The molecule has 3 rings (SSSR count). The first-order valence-corrected chi connectivity index (χ1v) is 9.56. The Kier molecular flexibility index (Phi) is 6.16. The number of carbonyl (C=O) groups is 1. The summed E-state index contributed by atoms with van der Waals surface area (Å²) >= 11 is 1.34. The molecule has 2 aromatic carbocycles. The van der Waals surface area contributed by atoms with E-state index in [2.05, 4.69) is 10.3 Å². The van der Waals surface area contributed by atoms with Crippen LogP contribution in [0.3, 0.4) is 0 Å². The van der Waals surface area contributed by atoms with Crippen LogP contribution in [0, 0.1) is 13.8 Å². The van der Waals surface area contributed by atoms with E-state index in [9.17, 15) is 4.79 Å². The minimum absolute atomic E-state index is 0.0817. The molecule has 1 aromatic heterocycles. The predicted octanol–water partition coefficient (Wildman–Crippen LogP) is 4.46. The van der Waals surface area contributed by atoms with Crippen LogP contribution in [0.5, 0.6) is 17.2 Å². The third-order valence-electron chi connectivity index (χ3n) is 4.35.